The molecule has 1 fully saturated rings. The minimum absolute atomic E-state index is 0.153. The number of nitrogens with zero attached hydrogens (tertiary/aromatic N) is 1. The monoisotopic (exact) mass is 443 g/mol. The van der Waals surface area contributed by atoms with Crippen LogP contribution in [0.25, 0.3) is 17.4 Å². The van der Waals surface area contributed by atoms with E-state index in [2.05, 4.69) is 0 Å². The summed E-state index contributed by atoms with van der Waals surface area (Å²) in [5.41, 5.74) is 1.17. The zero-order chi connectivity index (χ0) is 22.5. The molecule has 1 aromatic heterocycles. The number of furan rings is 1. The third kappa shape index (κ3) is 4.88. The van der Waals surface area contributed by atoms with E-state index in [0.29, 0.717) is 23.7 Å². The normalized spacial score (nSPS) is 16.0. The minimum Gasteiger partial charge on any atom is -0.464 e. The lowest BCUT2D eigenvalue weighted by atomic mass is 10.1. The first-order chi connectivity index (χ1) is 14.8. The Bertz CT molecular complexity index is 1040. The van der Waals surface area contributed by atoms with Gasteiger partial charge in [-0.25, -0.2) is 9.59 Å². The van der Waals surface area contributed by atoms with Gasteiger partial charge in [0.2, 0.25) is 0 Å². The molecule has 1 aliphatic rings. The standard InChI is InChI=1S/C22H21NO7S/c1-4-28-20(25)13(3)23-19(24)18(31-22(23)27)12-16-10-11-17(30-16)14-6-8-15(9-7-14)21(26)29-5-2/h6-13H,4-5H2,1-3H3/b18-12+. The number of esters is 2. The molecule has 2 aromatic rings. The molecule has 1 saturated heterocycles. The molecule has 1 aromatic carbocycles. The molecule has 3 rings (SSSR count). The third-order valence-corrected chi connectivity index (χ3v) is 5.30. The quantitative estimate of drug-likeness (QED) is 0.465. The summed E-state index contributed by atoms with van der Waals surface area (Å²) in [7, 11) is 0. The van der Waals surface area contributed by atoms with E-state index in [1.54, 1.807) is 50.2 Å². The van der Waals surface area contributed by atoms with Crippen LogP contribution in [0.1, 0.15) is 36.9 Å². The van der Waals surface area contributed by atoms with Gasteiger partial charge in [0.05, 0.1) is 23.7 Å². The summed E-state index contributed by atoms with van der Waals surface area (Å²) in [4.78, 5) is 49.6. The molecule has 2 amide bonds. The zero-order valence-corrected chi connectivity index (χ0v) is 18.1. The molecule has 2 heterocycles. The van der Waals surface area contributed by atoms with Gasteiger partial charge in [0.1, 0.15) is 17.6 Å². The van der Waals surface area contributed by atoms with Gasteiger partial charge >= 0.3 is 11.9 Å². The Morgan fingerprint density at radius 3 is 2.39 bits per heavy atom. The van der Waals surface area contributed by atoms with Crippen LogP contribution in [0.3, 0.4) is 0 Å². The molecule has 0 spiro atoms. The number of ether oxygens (including phenoxy) is 2. The Kier molecular flexibility index (Phi) is 6.96. The van der Waals surface area contributed by atoms with Gasteiger partial charge in [-0.05, 0) is 56.8 Å². The fourth-order valence-corrected chi connectivity index (χ4v) is 3.77. The fraction of sp³-hybridized carbons (Fsp3) is 0.273. The highest BCUT2D eigenvalue weighted by Gasteiger charge is 2.41. The molecule has 0 aliphatic carbocycles. The Labute approximate surface area is 183 Å². The van der Waals surface area contributed by atoms with Crippen LogP contribution in [-0.4, -0.2) is 47.2 Å². The number of rotatable bonds is 7. The predicted octanol–water partition coefficient (Wildman–Crippen LogP) is 4.11. The first-order valence-corrected chi connectivity index (χ1v) is 10.5. The number of benzene rings is 1. The van der Waals surface area contributed by atoms with E-state index in [4.69, 9.17) is 13.9 Å². The maximum absolute atomic E-state index is 12.6. The number of hydrogen-bond donors (Lipinski definition) is 0. The molecule has 0 saturated carbocycles. The summed E-state index contributed by atoms with van der Waals surface area (Å²) < 4.78 is 15.6. The van der Waals surface area contributed by atoms with Crippen molar-refractivity contribution in [3.05, 3.63) is 52.6 Å². The van der Waals surface area contributed by atoms with Crippen LogP contribution >= 0.6 is 11.8 Å². The number of carbonyl (C=O) groups excluding carboxylic acids is 4. The van der Waals surface area contributed by atoms with Crippen molar-refractivity contribution < 1.29 is 33.1 Å². The lowest BCUT2D eigenvalue weighted by Crippen LogP contribution is -2.42. The van der Waals surface area contributed by atoms with E-state index in [0.717, 1.165) is 22.2 Å². The Balaban J connectivity index is 1.76. The Morgan fingerprint density at radius 1 is 1.06 bits per heavy atom. The molecular formula is C22H21NO7S. The topological polar surface area (TPSA) is 103 Å². The van der Waals surface area contributed by atoms with Crippen molar-refractivity contribution in [3.8, 4) is 11.3 Å². The molecule has 0 radical (unpaired) electrons. The highest BCUT2D eigenvalue weighted by atomic mass is 32.2. The summed E-state index contributed by atoms with van der Waals surface area (Å²) >= 11 is 0.735. The summed E-state index contributed by atoms with van der Waals surface area (Å²) in [6.07, 6.45) is 1.46. The zero-order valence-electron chi connectivity index (χ0n) is 17.2. The molecular weight excluding hydrogens is 422 g/mol. The number of imide groups is 1. The SMILES string of the molecule is CCOC(=O)c1ccc(-c2ccc(/C=C3/SC(=O)N(C(C)C(=O)OCC)C3=O)o2)cc1. The summed E-state index contributed by atoms with van der Waals surface area (Å²) in [6, 6.07) is 9.10. The van der Waals surface area contributed by atoms with Crippen molar-refractivity contribution in [2.24, 2.45) is 0 Å². The summed E-state index contributed by atoms with van der Waals surface area (Å²) in [6.45, 7) is 5.29. The van der Waals surface area contributed by atoms with Gasteiger partial charge < -0.3 is 13.9 Å². The largest absolute Gasteiger partial charge is 0.464 e. The second kappa shape index (κ2) is 9.65. The predicted molar refractivity (Wildman–Crippen MR) is 114 cm³/mol. The molecule has 31 heavy (non-hydrogen) atoms. The average Bonchev–Trinajstić information content (AvgIpc) is 3.32. The molecule has 0 bridgehead atoms. The fourth-order valence-electron chi connectivity index (χ4n) is 2.88. The van der Waals surface area contributed by atoms with Gasteiger partial charge in [0.15, 0.2) is 0 Å². The van der Waals surface area contributed by atoms with E-state index < -0.39 is 29.1 Å². The van der Waals surface area contributed by atoms with Gasteiger partial charge in [-0.1, -0.05) is 12.1 Å². The molecule has 1 unspecified atom stereocenters. The van der Waals surface area contributed by atoms with Crippen molar-refractivity contribution in [1.82, 2.24) is 4.90 Å². The van der Waals surface area contributed by atoms with Crippen molar-refractivity contribution in [2.45, 2.75) is 26.8 Å². The second-order valence-corrected chi connectivity index (χ2v) is 7.47. The van der Waals surface area contributed by atoms with Crippen LogP contribution in [0, 0.1) is 0 Å². The highest BCUT2D eigenvalue weighted by Crippen LogP contribution is 2.34. The van der Waals surface area contributed by atoms with Gasteiger partial charge in [-0.3, -0.25) is 14.5 Å². The summed E-state index contributed by atoms with van der Waals surface area (Å²) in [5, 5.41) is -0.543. The van der Waals surface area contributed by atoms with E-state index >= 15 is 0 Å². The highest BCUT2D eigenvalue weighted by molar-refractivity contribution is 8.18. The van der Waals surface area contributed by atoms with E-state index in [9.17, 15) is 19.2 Å². The van der Waals surface area contributed by atoms with Crippen LogP contribution in [0.15, 0.2) is 45.7 Å². The van der Waals surface area contributed by atoms with Gasteiger partial charge in [0, 0.05) is 11.6 Å². The third-order valence-electron chi connectivity index (χ3n) is 4.42. The van der Waals surface area contributed by atoms with Gasteiger partial charge in [-0.2, -0.15) is 0 Å². The van der Waals surface area contributed by atoms with Crippen LogP contribution in [0.5, 0.6) is 0 Å². The van der Waals surface area contributed by atoms with Crippen LogP contribution in [0.2, 0.25) is 0 Å². The Hall–Kier alpha value is -3.33. The van der Waals surface area contributed by atoms with Crippen molar-refractivity contribution >= 4 is 40.9 Å². The van der Waals surface area contributed by atoms with E-state index in [-0.39, 0.29) is 11.5 Å². The van der Waals surface area contributed by atoms with Crippen LogP contribution in [-0.2, 0) is 19.1 Å². The molecule has 8 nitrogen and oxygen atoms in total. The van der Waals surface area contributed by atoms with Gasteiger partial charge in [-0.15, -0.1) is 0 Å². The van der Waals surface area contributed by atoms with Crippen molar-refractivity contribution in [1.29, 1.82) is 0 Å². The molecule has 162 valence electrons. The number of amides is 2. The van der Waals surface area contributed by atoms with Crippen LogP contribution < -0.4 is 0 Å². The second-order valence-electron chi connectivity index (χ2n) is 6.48. The molecule has 0 N–H and O–H groups in total. The maximum atomic E-state index is 12.6. The number of hydrogen-bond acceptors (Lipinski definition) is 8. The molecule has 1 atom stereocenters. The molecule has 9 heteroatoms. The van der Waals surface area contributed by atoms with Crippen LogP contribution in [0.4, 0.5) is 4.79 Å². The van der Waals surface area contributed by atoms with Crippen molar-refractivity contribution in [2.75, 3.05) is 13.2 Å². The summed E-state index contributed by atoms with van der Waals surface area (Å²) in [5.74, 6) is -0.716. The first kappa shape index (κ1) is 22.4. The lowest BCUT2D eigenvalue weighted by Gasteiger charge is -2.19. The first-order valence-electron chi connectivity index (χ1n) is 9.66. The lowest BCUT2D eigenvalue weighted by molar-refractivity contribution is -0.150. The number of thioether (sulfide) groups is 1. The van der Waals surface area contributed by atoms with E-state index in [1.807, 2.05) is 0 Å². The number of carbonyl (C=O) groups is 4. The minimum atomic E-state index is -1.01. The van der Waals surface area contributed by atoms with Crippen molar-refractivity contribution in [3.63, 3.8) is 0 Å². The molecule has 1 aliphatic heterocycles. The van der Waals surface area contributed by atoms with E-state index in [1.165, 1.54) is 13.0 Å². The van der Waals surface area contributed by atoms with Gasteiger partial charge in [0.25, 0.3) is 11.1 Å². The maximum Gasteiger partial charge on any atom is 0.338 e. The Morgan fingerprint density at radius 2 is 1.74 bits per heavy atom. The smallest absolute Gasteiger partial charge is 0.338 e. The average molecular weight is 443 g/mol.